The minimum atomic E-state index is 0.165. The van der Waals surface area contributed by atoms with Gasteiger partial charge in [0.2, 0.25) is 0 Å². The van der Waals surface area contributed by atoms with Crippen LogP contribution < -0.4 is 9.47 Å². The SMILES string of the molecule is CCCCCOc1ccc(/C=C2/CC(C)C/C(=C\c3ccc(OCCCCC)cc3)C2=O)cc1. The number of hydrogen-bond donors (Lipinski definition) is 0. The highest BCUT2D eigenvalue weighted by atomic mass is 16.5. The Morgan fingerprint density at radius 3 is 1.50 bits per heavy atom. The molecule has 2 aromatic rings. The van der Waals surface area contributed by atoms with Gasteiger partial charge < -0.3 is 9.47 Å². The molecule has 2 aromatic carbocycles. The lowest BCUT2D eigenvalue weighted by Gasteiger charge is -2.22. The van der Waals surface area contributed by atoms with Crippen LogP contribution in [0.4, 0.5) is 0 Å². The molecule has 1 atom stereocenters. The normalized spacial score (nSPS) is 18.4. The van der Waals surface area contributed by atoms with E-state index in [1.54, 1.807) is 0 Å². The molecule has 0 spiro atoms. The molecule has 1 unspecified atom stereocenters. The van der Waals surface area contributed by atoms with E-state index < -0.39 is 0 Å². The monoisotopic (exact) mass is 460 g/mol. The van der Waals surface area contributed by atoms with Crippen LogP contribution in [-0.4, -0.2) is 19.0 Å². The van der Waals surface area contributed by atoms with E-state index in [2.05, 4.69) is 20.8 Å². The third-order valence-electron chi connectivity index (χ3n) is 6.20. The fourth-order valence-electron chi connectivity index (χ4n) is 4.27. The first-order valence-corrected chi connectivity index (χ1v) is 13.0. The Morgan fingerprint density at radius 2 is 1.12 bits per heavy atom. The predicted molar refractivity (Wildman–Crippen MR) is 142 cm³/mol. The molecule has 1 aliphatic carbocycles. The molecule has 0 heterocycles. The quantitative estimate of drug-likeness (QED) is 0.236. The van der Waals surface area contributed by atoms with Crippen molar-refractivity contribution in [3.63, 3.8) is 0 Å². The van der Waals surface area contributed by atoms with Gasteiger partial charge in [-0.1, -0.05) is 70.7 Å². The minimum absolute atomic E-state index is 0.165. The molecule has 3 rings (SSSR count). The lowest BCUT2D eigenvalue weighted by Crippen LogP contribution is -2.18. The van der Waals surface area contributed by atoms with Crippen LogP contribution in [0.15, 0.2) is 59.7 Å². The van der Waals surface area contributed by atoms with Gasteiger partial charge in [0.15, 0.2) is 5.78 Å². The summed E-state index contributed by atoms with van der Waals surface area (Å²) in [4.78, 5) is 13.2. The summed E-state index contributed by atoms with van der Waals surface area (Å²) in [5.41, 5.74) is 3.86. The van der Waals surface area contributed by atoms with Gasteiger partial charge >= 0.3 is 0 Å². The van der Waals surface area contributed by atoms with Gasteiger partial charge in [-0.3, -0.25) is 4.79 Å². The summed E-state index contributed by atoms with van der Waals surface area (Å²) in [6.07, 6.45) is 12.6. The van der Waals surface area contributed by atoms with Gasteiger partial charge in [0.1, 0.15) is 11.5 Å². The second-order valence-electron chi connectivity index (χ2n) is 9.43. The third-order valence-corrected chi connectivity index (χ3v) is 6.20. The second-order valence-corrected chi connectivity index (χ2v) is 9.43. The number of Topliss-reactive ketones (excluding diaryl/α,β-unsaturated/α-hetero) is 1. The highest BCUT2D eigenvalue weighted by molar-refractivity contribution is 6.14. The molecule has 0 bridgehead atoms. The first kappa shape index (κ1) is 25.8. The number of benzene rings is 2. The van der Waals surface area contributed by atoms with E-state index in [0.29, 0.717) is 5.92 Å². The Morgan fingerprint density at radius 1 is 0.706 bits per heavy atom. The largest absolute Gasteiger partial charge is 0.494 e. The molecule has 1 aliphatic rings. The fourth-order valence-corrected chi connectivity index (χ4v) is 4.27. The van der Waals surface area contributed by atoms with Gasteiger partial charge in [-0.05, 0) is 79.1 Å². The van der Waals surface area contributed by atoms with Crippen LogP contribution in [0.3, 0.4) is 0 Å². The van der Waals surface area contributed by atoms with Crippen molar-refractivity contribution in [2.24, 2.45) is 5.92 Å². The number of allylic oxidation sites excluding steroid dienone is 2. The highest BCUT2D eigenvalue weighted by Gasteiger charge is 2.25. The van der Waals surface area contributed by atoms with Crippen molar-refractivity contribution in [2.75, 3.05) is 13.2 Å². The zero-order valence-corrected chi connectivity index (χ0v) is 21.1. The lowest BCUT2D eigenvalue weighted by atomic mass is 9.81. The summed E-state index contributed by atoms with van der Waals surface area (Å²) in [6, 6.07) is 16.1. The van der Waals surface area contributed by atoms with Crippen molar-refractivity contribution >= 4 is 17.9 Å². The van der Waals surface area contributed by atoms with Crippen molar-refractivity contribution in [1.82, 2.24) is 0 Å². The van der Waals surface area contributed by atoms with Gasteiger partial charge in [-0.2, -0.15) is 0 Å². The van der Waals surface area contributed by atoms with Gasteiger partial charge in [0.05, 0.1) is 13.2 Å². The number of carbonyl (C=O) groups excluding carboxylic acids is 1. The van der Waals surface area contributed by atoms with E-state index in [-0.39, 0.29) is 5.78 Å². The van der Waals surface area contributed by atoms with E-state index in [1.807, 2.05) is 60.7 Å². The van der Waals surface area contributed by atoms with Gasteiger partial charge in [0.25, 0.3) is 0 Å². The molecule has 0 saturated heterocycles. The van der Waals surface area contributed by atoms with Crippen molar-refractivity contribution < 1.29 is 14.3 Å². The average molecular weight is 461 g/mol. The molecule has 0 radical (unpaired) electrons. The number of ketones is 1. The summed E-state index contributed by atoms with van der Waals surface area (Å²) in [7, 11) is 0. The molecule has 3 nitrogen and oxygen atoms in total. The van der Waals surface area contributed by atoms with Crippen LogP contribution in [0, 0.1) is 5.92 Å². The number of ether oxygens (including phenoxy) is 2. The standard InChI is InChI=1S/C31H40O3/c1-4-6-8-18-33-29-14-10-25(11-15-29)22-27-20-24(3)21-28(31(27)32)23-26-12-16-30(17-13-26)34-19-9-7-5-2/h10-17,22-24H,4-9,18-21H2,1-3H3/b27-22-,28-23+. The summed E-state index contributed by atoms with van der Waals surface area (Å²) >= 11 is 0. The van der Waals surface area contributed by atoms with Crippen molar-refractivity contribution in [2.45, 2.75) is 72.1 Å². The number of unbranched alkanes of at least 4 members (excludes halogenated alkanes) is 4. The second kappa shape index (κ2) is 13.8. The topological polar surface area (TPSA) is 35.5 Å². The smallest absolute Gasteiger partial charge is 0.185 e. The number of carbonyl (C=O) groups is 1. The van der Waals surface area contributed by atoms with Gasteiger partial charge in [0, 0.05) is 11.1 Å². The molecular weight excluding hydrogens is 420 g/mol. The number of hydrogen-bond acceptors (Lipinski definition) is 3. The van der Waals surface area contributed by atoms with Crippen molar-refractivity contribution in [3.8, 4) is 11.5 Å². The first-order valence-electron chi connectivity index (χ1n) is 13.0. The first-order chi connectivity index (χ1) is 16.6. The Balaban J connectivity index is 1.64. The Kier molecular flexibility index (Phi) is 10.5. The maximum absolute atomic E-state index is 13.2. The maximum Gasteiger partial charge on any atom is 0.185 e. The summed E-state index contributed by atoms with van der Waals surface area (Å²) < 4.78 is 11.6. The van der Waals surface area contributed by atoms with Crippen LogP contribution >= 0.6 is 0 Å². The van der Waals surface area contributed by atoms with E-state index in [9.17, 15) is 4.79 Å². The zero-order valence-electron chi connectivity index (χ0n) is 21.1. The molecule has 1 saturated carbocycles. The van der Waals surface area contributed by atoms with E-state index in [1.165, 1.54) is 25.7 Å². The van der Waals surface area contributed by atoms with Gasteiger partial charge in [-0.25, -0.2) is 0 Å². The Bertz CT molecular complexity index is 874. The molecular formula is C31H40O3. The van der Waals surface area contributed by atoms with Crippen molar-refractivity contribution in [1.29, 1.82) is 0 Å². The van der Waals surface area contributed by atoms with Crippen LogP contribution in [0.25, 0.3) is 12.2 Å². The molecule has 0 N–H and O–H groups in total. The summed E-state index contributed by atoms with van der Waals surface area (Å²) in [6.45, 7) is 8.11. The van der Waals surface area contributed by atoms with E-state index >= 15 is 0 Å². The molecule has 0 aromatic heterocycles. The molecule has 0 aliphatic heterocycles. The van der Waals surface area contributed by atoms with Gasteiger partial charge in [-0.15, -0.1) is 0 Å². The zero-order chi connectivity index (χ0) is 24.2. The van der Waals surface area contributed by atoms with Crippen molar-refractivity contribution in [3.05, 3.63) is 70.8 Å². The third kappa shape index (κ3) is 8.20. The molecule has 0 amide bonds. The minimum Gasteiger partial charge on any atom is -0.494 e. The summed E-state index contributed by atoms with van der Waals surface area (Å²) in [5.74, 6) is 2.38. The molecule has 1 fully saturated rings. The van der Waals surface area contributed by atoms with Crippen LogP contribution in [0.1, 0.15) is 83.3 Å². The summed E-state index contributed by atoms with van der Waals surface area (Å²) in [5, 5.41) is 0. The van der Waals surface area contributed by atoms with Crippen LogP contribution in [-0.2, 0) is 4.79 Å². The van der Waals surface area contributed by atoms with E-state index in [0.717, 1.165) is 72.7 Å². The fraction of sp³-hybridized carbons (Fsp3) is 0.452. The molecule has 3 heteroatoms. The Labute approximate surface area is 205 Å². The lowest BCUT2D eigenvalue weighted by molar-refractivity contribution is -0.113. The van der Waals surface area contributed by atoms with E-state index in [4.69, 9.17) is 9.47 Å². The molecule has 34 heavy (non-hydrogen) atoms. The maximum atomic E-state index is 13.2. The average Bonchev–Trinajstić information content (AvgIpc) is 2.84. The van der Waals surface area contributed by atoms with Crippen LogP contribution in [0.2, 0.25) is 0 Å². The molecule has 182 valence electrons. The Hall–Kier alpha value is -2.81. The van der Waals surface area contributed by atoms with Crippen LogP contribution in [0.5, 0.6) is 11.5 Å². The highest BCUT2D eigenvalue weighted by Crippen LogP contribution is 2.32. The number of rotatable bonds is 12. The predicted octanol–water partition coefficient (Wildman–Crippen LogP) is 8.29.